The van der Waals surface area contributed by atoms with Crippen LogP contribution in [-0.2, 0) is 13.2 Å². The molecule has 0 fully saturated rings. The fourth-order valence-corrected chi connectivity index (χ4v) is 3.09. The summed E-state index contributed by atoms with van der Waals surface area (Å²) in [6.07, 6.45) is 0. The molecule has 0 heterocycles. The zero-order valence-corrected chi connectivity index (χ0v) is 16.7. The van der Waals surface area contributed by atoms with Crippen LogP contribution in [0.4, 0.5) is 10.1 Å². The van der Waals surface area contributed by atoms with Gasteiger partial charge in [-0.05, 0) is 67.4 Å². The van der Waals surface area contributed by atoms with Crippen molar-refractivity contribution < 1.29 is 9.13 Å². The van der Waals surface area contributed by atoms with Crippen molar-refractivity contribution in [2.24, 2.45) is 0 Å². The Kier molecular flexibility index (Phi) is 6.25. The van der Waals surface area contributed by atoms with Crippen LogP contribution >= 0.6 is 23.2 Å². The largest absolute Gasteiger partial charge is 0.488 e. The molecule has 3 rings (SSSR count). The van der Waals surface area contributed by atoms with Crippen molar-refractivity contribution in [3.8, 4) is 5.75 Å². The van der Waals surface area contributed by atoms with Gasteiger partial charge in [-0.2, -0.15) is 0 Å². The number of aryl methyl sites for hydroxylation is 2. The van der Waals surface area contributed by atoms with E-state index in [1.54, 1.807) is 12.1 Å². The zero-order chi connectivity index (χ0) is 19.4. The highest BCUT2D eigenvalue weighted by molar-refractivity contribution is 6.31. The lowest BCUT2D eigenvalue weighted by Gasteiger charge is -2.15. The van der Waals surface area contributed by atoms with Crippen molar-refractivity contribution in [1.29, 1.82) is 0 Å². The van der Waals surface area contributed by atoms with Gasteiger partial charge >= 0.3 is 0 Å². The summed E-state index contributed by atoms with van der Waals surface area (Å²) in [5.41, 5.74) is 5.17. The fourth-order valence-electron chi connectivity index (χ4n) is 2.67. The molecule has 5 heteroatoms. The monoisotopic (exact) mass is 403 g/mol. The number of hydrogen-bond donors (Lipinski definition) is 1. The molecular weight excluding hydrogens is 384 g/mol. The van der Waals surface area contributed by atoms with Gasteiger partial charge in [-0.1, -0.05) is 35.3 Å². The van der Waals surface area contributed by atoms with Gasteiger partial charge in [-0.25, -0.2) is 4.39 Å². The van der Waals surface area contributed by atoms with E-state index < -0.39 is 0 Å². The lowest BCUT2D eigenvalue weighted by Crippen LogP contribution is -2.04. The average Bonchev–Trinajstić information content (AvgIpc) is 2.63. The molecular formula is C22H20Cl2FNO. The molecule has 0 amide bonds. The van der Waals surface area contributed by atoms with Crippen LogP contribution in [0.3, 0.4) is 0 Å². The Hall–Kier alpha value is -2.23. The zero-order valence-electron chi connectivity index (χ0n) is 15.2. The minimum Gasteiger partial charge on any atom is -0.488 e. The lowest BCUT2D eigenvalue weighted by atomic mass is 10.1. The van der Waals surface area contributed by atoms with Gasteiger partial charge in [0.1, 0.15) is 18.2 Å². The van der Waals surface area contributed by atoms with Crippen molar-refractivity contribution >= 4 is 28.9 Å². The minimum absolute atomic E-state index is 0.247. The highest BCUT2D eigenvalue weighted by atomic mass is 35.5. The number of hydrogen-bond acceptors (Lipinski definition) is 2. The first kappa shape index (κ1) is 19.5. The van der Waals surface area contributed by atoms with Gasteiger partial charge in [0.15, 0.2) is 0 Å². The number of anilines is 1. The first-order valence-electron chi connectivity index (χ1n) is 8.58. The lowest BCUT2D eigenvalue weighted by molar-refractivity contribution is 0.303. The summed E-state index contributed by atoms with van der Waals surface area (Å²) in [5, 5.41) is 4.38. The number of benzene rings is 3. The molecule has 0 aliphatic rings. The molecule has 0 aliphatic carbocycles. The first-order chi connectivity index (χ1) is 12.9. The van der Waals surface area contributed by atoms with Crippen LogP contribution in [-0.4, -0.2) is 0 Å². The summed E-state index contributed by atoms with van der Waals surface area (Å²) >= 11 is 12.2. The molecule has 3 aromatic carbocycles. The van der Waals surface area contributed by atoms with Crippen molar-refractivity contribution in [3.63, 3.8) is 0 Å². The second-order valence-electron chi connectivity index (χ2n) is 6.43. The summed E-state index contributed by atoms with van der Waals surface area (Å²) in [7, 11) is 0. The maximum atomic E-state index is 13.2. The highest BCUT2D eigenvalue weighted by Crippen LogP contribution is 2.27. The topological polar surface area (TPSA) is 21.3 Å². The highest BCUT2D eigenvalue weighted by Gasteiger charge is 2.08. The summed E-state index contributed by atoms with van der Waals surface area (Å²) in [6.45, 7) is 4.98. The molecule has 0 saturated heterocycles. The van der Waals surface area contributed by atoms with Gasteiger partial charge in [0.2, 0.25) is 0 Å². The number of ether oxygens (including phenoxy) is 1. The molecule has 0 bridgehead atoms. The predicted octanol–water partition coefficient (Wildman–Crippen LogP) is 6.94. The third-order valence-corrected chi connectivity index (χ3v) is 5.00. The van der Waals surface area contributed by atoms with Crippen LogP contribution in [0.25, 0.3) is 0 Å². The van der Waals surface area contributed by atoms with Gasteiger partial charge in [0, 0.05) is 28.4 Å². The van der Waals surface area contributed by atoms with Crippen molar-refractivity contribution in [3.05, 3.63) is 92.7 Å². The maximum absolute atomic E-state index is 13.2. The van der Waals surface area contributed by atoms with E-state index >= 15 is 0 Å². The minimum atomic E-state index is -0.367. The van der Waals surface area contributed by atoms with Crippen LogP contribution in [0.5, 0.6) is 5.75 Å². The summed E-state index contributed by atoms with van der Waals surface area (Å²) < 4.78 is 19.1. The molecule has 3 aromatic rings. The van der Waals surface area contributed by atoms with Crippen LogP contribution in [0.2, 0.25) is 10.0 Å². The summed E-state index contributed by atoms with van der Waals surface area (Å²) in [6, 6.07) is 16.0. The Balaban J connectivity index is 1.73. The van der Waals surface area contributed by atoms with E-state index in [0.29, 0.717) is 22.3 Å². The average molecular weight is 404 g/mol. The predicted molar refractivity (Wildman–Crippen MR) is 110 cm³/mol. The molecule has 0 aliphatic heterocycles. The van der Waals surface area contributed by atoms with E-state index in [1.807, 2.05) is 18.2 Å². The second kappa shape index (κ2) is 8.64. The van der Waals surface area contributed by atoms with Crippen LogP contribution in [0, 0.1) is 19.7 Å². The third kappa shape index (κ3) is 5.15. The van der Waals surface area contributed by atoms with E-state index in [4.69, 9.17) is 27.9 Å². The van der Waals surface area contributed by atoms with E-state index in [-0.39, 0.29) is 12.4 Å². The normalized spacial score (nSPS) is 10.7. The quantitative estimate of drug-likeness (QED) is 0.481. The van der Waals surface area contributed by atoms with Crippen LogP contribution in [0.15, 0.2) is 54.6 Å². The van der Waals surface area contributed by atoms with Crippen LogP contribution in [0.1, 0.15) is 22.3 Å². The van der Waals surface area contributed by atoms with Crippen molar-refractivity contribution in [2.75, 3.05) is 5.32 Å². The van der Waals surface area contributed by atoms with E-state index in [1.165, 1.54) is 23.3 Å². The fraction of sp³-hybridized carbons (Fsp3) is 0.182. The molecule has 0 spiro atoms. The molecule has 0 unspecified atom stereocenters. The van der Waals surface area contributed by atoms with Crippen molar-refractivity contribution in [2.45, 2.75) is 27.0 Å². The van der Waals surface area contributed by atoms with Gasteiger partial charge in [0.05, 0.1) is 5.02 Å². The van der Waals surface area contributed by atoms with Crippen LogP contribution < -0.4 is 10.1 Å². The molecule has 27 heavy (non-hydrogen) atoms. The van der Waals surface area contributed by atoms with E-state index in [2.05, 4.69) is 31.3 Å². The molecule has 0 saturated carbocycles. The SMILES string of the molecule is Cc1ccc(NCc2cc(Cl)ccc2OCc2ccc(F)cc2Cl)cc1C. The Morgan fingerprint density at radius 1 is 0.889 bits per heavy atom. The van der Waals surface area contributed by atoms with E-state index in [0.717, 1.165) is 16.8 Å². The first-order valence-corrected chi connectivity index (χ1v) is 9.34. The number of rotatable bonds is 6. The van der Waals surface area contributed by atoms with Gasteiger partial charge in [-0.3, -0.25) is 0 Å². The second-order valence-corrected chi connectivity index (χ2v) is 7.27. The van der Waals surface area contributed by atoms with Gasteiger partial charge < -0.3 is 10.1 Å². The Labute approximate surface area is 168 Å². The number of halogens is 3. The molecule has 0 radical (unpaired) electrons. The van der Waals surface area contributed by atoms with Gasteiger partial charge in [-0.15, -0.1) is 0 Å². The van der Waals surface area contributed by atoms with Crippen molar-refractivity contribution in [1.82, 2.24) is 0 Å². The maximum Gasteiger partial charge on any atom is 0.124 e. The standard InChI is InChI=1S/C22H20Cl2FNO/c1-14-3-7-20(9-15(14)2)26-12-17-10-18(23)5-8-22(17)27-13-16-4-6-19(25)11-21(16)24/h3-11,26H,12-13H2,1-2H3. The Bertz CT molecular complexity index is 959. The molecule has 0 atom stereocenters. The smallest absolute Gasteiger partial charge is 0.124 e. The third-order valence-electron chi connectivity index (χ3n) is 4.41. The van der Waals surface area contributed by atoms with E-state index in [9.17, 15) is 4.39 Å². The molecule has 140 valence electrons. The molecule has 2 nitrogen and oxygen atoms in total. The summed E-state index contributed by atoms with van der Waals surface area (Å²) in [5.74, 6) is 0.338. The van der Waals surface area contributed by atoms with Gasteiger partial charge in [0.25, 0.3) is 0 Å². The molecule has 0 aromatic heterocycles. The summed E-state index contributed by atoms with van der Waals surface area (Å²) in [4.78, 5) is 0. The number of nitrogens with one attached hydrogen (secondary N) is 1. The molecule has 1 N–H and O–H groups in total. The Morgan fingerprint density at radius 3 is 2.44 bits per heavy atom. The Morgan fingerprint density at radius 2 is 1.70 bits per heavy atom.